The lowest BCUT2D eigenvalue weighted by Crippen LogP contribution is -2.48. The lowest BCUT2D eigenvalue weighted by atomic mass is 9.98. The number of hydrogen-bond acceptors (Lipinski definition) is 5. The average Bonchev–Trinajstić information content (AvgIpc) is 3.42. The molecule has 0 unspecified atom stereocenters. The van der Waals surface area contributed by atoms with Crippen LogP contribution in [0.2, 0.25) is 0 Å². The molecule has 6 nitrogen and oxygen atoms in total. The van der Waals surface area contributed by atoms with Crippen molar-refractivity contribution in [3.05, 3.63) is 34.9 Å². The van der Waals surface area contributed by atoms with Crippen LogP contribution in [0, 0.1) is 17.2 Å². The summed E-state index contributed by atoms with van der Waals surface area (Å²) in [6.45, 7) is 1.25. The summed E-state index contributed by atoms with van der Waals surface area (Å²) in [5.74, 6) is -1.03. The third-order valence-electron chi connectivity index (χ3n) is 5.37. The van der Waals surface area contributed by atoms with Crippen molar-refractivity contribution in [1.82, 2.24) is 5.32 Å². The number of ether oxygens (including phenoxy) is 1. The molecule has 2 aliphatic carbocycles. The fourth-order valence-corrected chi connectivity index (χ4v) is 3.53. The Morgan fingerprint density at radius 1 is 1.22 bits per heavy atom. The topological polar surface area (TPSA) is 96.3 Å². The molecule has 1 aromatic rings. The highest BCUT2D eigenvalue weighted by Gasteiger charge is 2.43. The second-order valence-electron chi connectivity index (χ2n) is 7.56. The van der Waals surface area contributed by atoms with Crippen molar-refractivity contribution in [2.75, 3.05) is 6.61 Å². The predicted molar refractivity (Wildman–Crippen MR) is 97.9 cm³/mol. The summed E-state index contributed by atoms with van der Waals surface area (Å²) in [5.41, 5.74) is 2.23. The lowest BCUT2D eigenvalue weighted by molar-refractivity contribution is -0.148. The number of ketones is 1. The van der Waals surface area contributed by atoms with Gasteiger partial charge in [-0.3, -0.25) is 14.4 Å². The Kier molecular flexibility index (Phi) is 5.59. The summed E-state index contributed by atoms with van der Waals surface area (Å²) in [6.07, 6.45) is 4.98. The average molecular weight is 368 g/mol. The zero-order chi connectivity index (χ0) is 19.4. The molecule has 1 N–H and O–H groups in total. The predicted octanol–water partition coefficient (Wildman–Crippen LogP) is 2.49. The number of hydrogen-bond donors (Lipinski definition) is 1. The summed E-state index contributed by atoms with van der Waals surface area (Å²) in [7, 11) is 0. The van der Waals surface area contributed by atoms with Crippen LogP contribution in [-0.4, -0.2) is 29.8 Å². The van der Waals surface area contributed by atoms with E-state index in [-0.39, 0.29) is 24.5 Å². The van der Waals surface area contributed by atoms with Gasteiger partial charge in [0.15, 0.2) is 12.4 Å². The first kappa shape index (κ1) is 19.1. The Bertz CT molecular complexity index is 807. The van der Waals surface area contributed by atoms with Gasteiger partial charge in [0.1, 0.15) is 5.54 Å². The van der Waals surface area contributed by atoms with Crippen molar-refractivity contribution in [2.24, 2.45) is 5.92 Å². The minimum absolute atomic E-state index is 0.0528. The van der Waals surface area contributed by atoms with Gasteiger partial charge in [-0.2, -0.15) is 5.26 Å². The highest BCUT2D eigenvalue weighted by Crippen LogP contribution is 2.39. The molecule has 1 atom stereocenters. The van der Waals surface area contributed by atoms with Gasteiger partial charge in [0.25, 0.3) is 5.91 Å². The molecule has 0 aliphatic heterocycles. The van der Waals surface area contributed by atoms with Crippen molar-refractivity contribution in [3.8, 4) is 6.07 Å². The van der Waals surface area contributed by atoms with Crippen molar-refractivity contribution < 1.29 is 19.1 Å². The van der Waals surface area contributed by atoms with Crippen LogP contribution in [-0.2, 0) is 27.2 Å². The number of nitriles is 1. The van der Waals surface area contributed by atoms with Crippen LogP contribution in [0.3, 0.4) is 0 Å². The maximum atomic E-state index is 12.3. The Labute approximate surface area is 158 Å². The highest BCUT2D eigenvalue weighted by molar-refractivity contribution is 5.98. The zero-order valence-electron chi connectivity index (χ0n) is 15.5. The molecule has 1 aromatic carbocycles. The minimum atomic E-state index is -0.910. The normalized spacial score (nSPS) is 17.3. The number of carbonyl (C=O) groups excluding carboxylic acids is 3. The Balaban J connectivity index is 1.41. The summed E-state index contributed by atoms with van der Waals surface area (Å²) in [4.78, 5) is 36.0. The first-order chi connectivity index (χ1) is 12.9. The van der Waals surface area contributed by atoms with Crippen LogP contribution in [0.15, 0.2) is 18.2 Å². The Hall–Kier alpha value is -2.68. The molecule has 1 amide bonds. The molecule has 0 bridgehead atoms. The highest BCUT2D eigenvalue weighted by atomic mass is 16.5. The number of benzene rings is 1. The van der Waals surface area contributed by atoms with E-state index in [1.165, 1.54) is 11.1 Å². The molecule has 1 saturated carbocycles. The van der Waals surface area contributed by atoms with Crippen molar-refractivity contribution in [2.45, 2.75) is 57.4 Å². The summed E-state index contributed by atoms with van der Waals surface area (Å²) >= 11 is 0. The number of carbonyl (C=O) groups is 3. The maximum absolute atomic E-state index is 12.3. The molecule has 2 aliphatic rings. The number of aryl methyl sites for hydroxylation is 2. The van der Waals surface area contributed by atoms with Crippen LogP contribution in [0.5, 0.6) is 0 Å². The van der Waals surface area contributed by atoms with E-state index in [1.54, 1.807) is 6.92 Å². The SMILES string of the molecule is C[C@@](C#N)(NC(=O)COC(=O)CCC(=O)c1ccc2c(c1)CCC2)C1CC1. The van der Waals surface area contributed by atoms with E-state index >= 15 is 0 Å². The van der Waals surface area contributed by atoms with Crippen molar-refractivity contribution in [3.63, 3.8) is 0 Å². The molecule has 3 rings (SSSR count). The van der Waals surface area contributed by atoms with E-state index < -0.39 is 24.0 Å². The van der Waals surface area contributed by atoms with Gasteiger partial charge in [-0.25, -0.2) is 0 Å². The van der Waals surface area contributed by atoms with Crippen molar-refractivity contribution in [1.29, 1.82) is 5.26 Å². The second-order valence-corrected chi connectivity index (χ2v) is 7.56. The Morgan fingerprint density at radius 3 is 2.67 bits per heavy atom. The molecule has 27 heavy (non-hydrogen) atoms. The molecule has 0 aromatic heterocycles. The van der Waals surface area contributed by atoms with Crippen molar-refractivity contribution >= 4 is 17.7 Å². The monoisotopic (exact) mass is 368 g/mol. The van der Waals surface area contributed by atoms with Gasteiger partial charge in [-0.15, -0.1) is 0 Å². The smallest absolute Gasteiger partial charge is 0.306 e. The quantitative estimate of drug-likeness (QED) is 0.562. The van der Waals surface area contributed by atoms with E-state index in [0.717, 1.165) is 32.1 Å². The second kappa shape index (κ2) is 7.91. The van der Waals surface area contributed by atoms with Crippen LogP contribution < -0.4 is 5.32 Å². The molecule has 0 spiro atoms. The van der Waals surface area contributed by atoms with E-state index in [0.29, 0.717) is 5.56 Å². The number of nitrogens with one attached hydrogen (secondary N) is 1. The Morgan fingerprint density at radius 2 is 1.96 bits per heavy atom. The number of amides is 1. The van der Waals surface area contributed by atoms with E-state index in [1.807, 2.05) is 18.2 Å². The fraction of sp³-hybridized carbons (Fsp3) is 0.524. The fourth-order valence-electron chi connectivity index (χ4n) is 3.53. The zero-order valence-corrected chi connectivity index (χ0v) is 15.5. The third kappa shape index (κ3) is 4.73. The standard InChI is InChI=1S/C21H24N2O4/c1-21(13-22,17-7-8-17)23-19(25)12-27-20(26)10-9-18(24)16-6-5-14-3-2-4-15(14)11-16/h5-6,11,17H,2-4,7-10,12H2,1H3,(H,23,25)/t21-/m0/s1. The van der Waals surface area contributed by atoms with Gasteiger partial charge in [0, 0.05) is 12.0 Å². The number of rotatable bonds is 8. The van der Waals surface area contributed by atoms with Gasteiger partial charge in [-0.1, -0.05) is 12.1 Å². The molecule has 0 radical (unpaired) electrons. The first-order valence-electron chi connectivity index (χ1n) is 9.44. The van der Waals surface area contributed by atoms with E-state index in [4.69, 9.17) is 4.74 Å². The van der Waals surface area contributed by atoms with Crippen LogP contribution in [0.25, 0.3) is 0 Å². The van der Waals surface area contributed by atoms with E-state index in [9.17, 15) is 19.6 Å². The molecular formula is C21H24N2O4. The largest absolute Gasteiger partial charge is 0.456 e. The van der Waals surface area contributed by atoms with Crippen LogP contribution in [0.1, 0.15) is 60.5 Å². The molecule has 1 fully saturated rings. The molecule has 142 valence electrons. The van der Waals surface area contributed by atoms with Crippen LogP contribution in [0.4, 0.5) is 0 Å². The van der Waals surface area contributed by atoms with Gasteiger partial charge in [0.05, 0.1) is 12.5 Å². The molecule has 0 heterocycles. The van der Waals surface area contributed by atoms with Gasteiger partial charge in [-0.05, 0) is 62.1 Å². The third-order valence-corrected chi connectivity index (χ3v) is 5.37. The van der Waals surface area contributed by atoms with Crippen LogP contribution >= 0.6 is 0 Å². The number of Topliss-reactive ketones (excluding diaryl/α,β-unsaturated/α-hetero) is 1. The number of nitrogens with zero attached hydrogens (tertiary/aromatic N) is 1. The maximum Gasteiger partial charge on any atom is 0.306 e. The number of esters is 1. The van der Waals surface area contributed by atoms with Gasteiger partial charge >= 0.3 is 5.97 Å². The number of fused-ring (bicyclic) bond motifs is 1. The van der Waals surface area contributed by atoms with Gasteiger partial charge in [0.2, 0.25) is 0 Å². The first-order valence-corrected chi connectivity index (χ1v) is 9.44. The molecule has 6 heteroatoms. The van der Waals surface area contributed by atoms with E-state index in [2.05, 4.69) is 11.4 Å². The summed E-state index contributed by atoms with van der Waals surface area (Å²) in [5, 5.41) is 11.9. The summed E-state index contributed by atoms with van der Waals surface area (Å²) in [6, 6.07) is 7.84. The van der Waals surface area contributed by atoms with Gasteiger partial charge < -0.3 is 10.1 Å². The lowest BCUT2D eigenvalue weighted by Gasteiger charge is -2.22. The summed E-state index contributed by atoms with van der Waals surface area (Å²) < 4.78 is 4.94. The minimum Gasteiger partial charge on any atom is -0.456 e. The molecular weight excluding hydrogens is 344 g/mol. The molecule has 0 saturated heterocycles.